The van der Waals surface area contributed by atoms with Crippen LogP contribution in [0.5, 0.6) is 0 Å². The maximum Gasteiger partial charge on any atom is 0.372 e. The fraction of sp³-hybridized carbons (Fsp3) is 0.667. The fourth-order valence-corrected chi connectivity index (χ4v) is 0.643. The third kappa shape index (κ3) is 2.47. The van der Waals surface area contributed by atoms with Crippen LogP contribution in [0.25, 0.3) is 0 Å². The third-order valence-electron chi connectivity index (χ3n) is 1.31. The van der Waals surface area contributed by atoms with Crippen LogP contribution in [0.2, 0.25) is 0 Å². The molecule has 0 bridgehead atoms. The van der Waals surface area contributed by atoms with Crippen molar-refractivity contribution in [1.29, 1.82) is 0 Å². The van der Waals surface area contributed by atoms with Gasteiger partial charge in [0, 0.05) is 10.7 Å². The number of alkyl halides is 1. The van der Waals surface area contributed by atoms with Crippen molar-refractivity contribution in [3.05, 3.63) is 0 Å². The zero-order chi connectivity index (χ0) is 8.31. The molecule has 0 fully saturated rings. The van der Waals surface area contributed by atoms with Gasteiger partial charge in [-0.15, -0.1) is 0 Å². The van der Waals surface area contributed by atoms with Gasteiger partial charge in [0.05, 0.1) is 0 Å². The van der Waals surface area contributed by atoms with E-state index in [9.17, 15) is 9.59 Å². The average molecular weight is 209 g/mol. The molecule has 0 radical (unpaired) electrons. The summed E-state index contributed by atoms with van der Waals surface area (Å²) in [7, 11) is 0. The highest BCUT2D eigenvalue weighted by Crippen LogP contribution is 2.12. The lowest BCUT2D eigenvalue weighted by molar-refractivity contribution is -0.150. The summed E-state index contributed by atoms with van der Waals surface area (Å²) in [4.78, 5) is 20.6. The van der Waals surface area contributed by atoms with Crippen molar-refractivity contribution in [2.45, 2.75) is 18.7 Å². The molecule has 0 spiro atoms. The van der Waals surface area contributed by atoms with Crippen LogP contribution in [-0.4, -0.2) is 21.7 Å². The molecule has 1 N–H and O–H groups in total. The summed E-state index contributed by atoms with van der Waals surface area (Å²) in [5.74, 6) is -2.57. The number of carboxylic acids is 1. The normalized spacial score (nSPS) is 15.9. The molecule has 0 heterocycles. The zero-order valence-electron chi connectivity index (χ0n) is 5.80. The van der Waals surface area contributed by atoms with Gasteiger partial charge in [0.2, 0.25) is 5.78 Å². The summed E-state index contributed by atoms with van der Waals surface area (Å²) in [5, 5.41) is 8.23. The van der Waals surface area contributed by atoms with Crippen LogP contribution in [-0.2, 0) is 9.59 Å². The molecule has 10 heavy (non-hydrogen) atoms. The van der Waals surface area contributed by atoms with Crippen LogP contribution in [0.3, 0.4) is 0 Å². The third-order valence-corrected chi connectivity index (χ3v) is 2.11. The molecular formula is C6H9BrO3. The predicted molar refractivity (Wildman–Crippen MR) is 40.2 cm³/mol. The second-order valence-electron chi connectivity index (χ2n) is 2.14. The van der Waals surface area contributed by atoms with Crippen LogP contribution in [0.1, 0.15) is 13.8 Å². The Morgan fingerprint density at radius 3 is 1.90 bits per heavy atom. The number of halogens is 1. The summed E-state index contributed by atoms with van der Waals surface area (Å²) >= 11 is 3.12. The molecule has 0 aliphatic carbocycles. The Morgan fingerprint density at radius 1 is 1.40 bits per heavy atom. The Labute approximate surface area is 67.5 Å². The number of aliphatic carboxylic acids is 1. The van der Waals surface area contributed by atoms with Crippen molar-refractivity contribution in [1.82, 2.24) is 0 Å². The minimum atomic E-state index is -1.36. The number of Topliss-reactive ketones (excluding diaryl/α,β-unsaturated/α-hetero) is 1. The Bertz CT molecular complexity index is 153. The van der Waals surface area contributed by atoms with Crippen molar-refractivity contribution in [3.63, 3.8) is 0 Å². The molecular weight excluding hydrogens is 200 g/mol. The molecule has 2 atom stereocenters. The number of hydrogen-bond acceptors (Lipinski definition) is 2. The fourth-order valence-electron chi connectivity index (χ4n) is 0.403. The first-order valence-electron chi connectivity index (χ1n) is 2.88. The molecule has 0 aliphatic rings. The average Bonchev–Trinajstić information content (AvgIpc) is 1.84. The van der Waals surface area contributed by atoms with E-state index in [4.69, 9.17) is 5.11 Å². The van der Waals surface area contributed by atoms with E-state index in [1.54, 1.807) is 13.8 Å². The van der Waals surface area contributed by atoms with Crippen molar-refractivity contribution in [2.75, 3.05) is 0 Å². The Balaban J connectivity index is 4.08. The molecule has 0 aromatic heterocycles. The zero-order valence-corrected chi connectivity index (χ0v) is 7.38. The maximum absolute atomic E-state index is 10.7. The standard InChI is InChI=1S/C6H9BrO3/c1-3(4(2)7)5(8)6(9)10/h3-4H,1-2H3,(H,9,10). The number of hydrogen-bond donors (Lipinski definition) is 1. The predicted octanol–water partition coefficient (Wildman–Crippen LogP) is 1.06. The molecule has 4 heteroatoms. The monoisotopic (exact) mass is 208 g/mol. The minimum absolute atomic E-state index is 0.0869. The molecule has 0 saturated heterocycles. The summed E-state index contributed by atoms with van der Waals surface area (Å²) < 4.78 is 0. The van der Waals surface area contributed by atoms with Gasteiger partial charge in [-0.3, -0.25) is 4.79 Å². The quantitative estimate of drug-likeness (QED) is 0.558. The van der Waals surface area contributed by atoms with Crippen molar-refractivity contribution in [2.24, 2.45) is 5.92 Å². The number of carboxylic acid groups (broad SMARTS) is 1. The molecule has 0 amide bonds. The van der Waals surface area contributed by atoms with Gasteiger partial charge in [0.1, 0.15) is 0 Å². The molecule has 0 rings (SSSR count). The topological polar surface area (TPSA) is 54.4 Å². The summed E-state index contributed by atoms with van der Waals surface area (Å²) in [6, 6.07) is 0. The van der Waals surface area contributed by atoms with Gasteiger partial charge in [0.25, 0.3) is 0 Å². The van der Waals surface area contributed by atoms with Gasteiger partial charge in [-0.2, -0.15) is 0 Å². The van der Waals surface area contributed by atoms with Gasteiger partial charge in [0.15, 0.2) is 0 Å². The van der Waals surface area contributed by atoms with Crippen LogP contribution in [0.15, 0.2) is 0 Å². The van der Waals surface area contributed by atoms with Crippen molar-refractivity contribution in [3.8, 4) is 0 Å². The minimum Gasteiger partial charge on any atom is -0.475 e. The largest absolute Gasteiger partial charge is 0.475 e. The van der Waals surface area contributed by atoms with E-state index < -0.39 is 17.7 Å². The molecule has 0 aromatic carbocycles. The van der Waals surface area contributed by atoms with Crippen LogP contribution in [0.4, 0.5) is 0 Å². The summed E-state index contributed by atoms with van der Waals surface area (Å²) in [6.07, 6.45) is 0. The van der Waals surface area contributed by atoms with Crippen LogP contribution in [0, 0.1) is 5.92 Å². The molecule has 58 valence electrons. The lowest BCUT2D eigenvalue weighted by Gasteiger charge is -2.08. The molecule has 2 unspecified atom stereocenters. The van der Waals surface area contributed by atoms with Gasteiger partial charge < -0.3 is 5.11 Å². The van der Waals surface area contributed by atoms with Gasteiger partial charge in [-0.05, 0) is 0 Å². The first-order chi connectivity index (χ1) is 4.46. The summed E-state index contributed by atoms with van der Waals surface area (Å²) in [6.45, 7) is 3.32. The number of rotatable bonds is 3. The number of carbonyl (C=O) groups excluding carboxylic acids is 1. The number of ketones is 1. The molecule has 0 saturated carbocycles. The molecule has 3 nitrogen and oxygen atoms in total. The van der Waals surface area contributed by atoms with E-state index in [0.29, 0.717) is 0 Å². The van der Waals surface area contributed by atoms with Gasteiger partial charge in [-0.25, -0.2) is 4.79 Å². The maximum atomic E-state index is 10.7. The second-order valence-corrected chi connectivity index (χ2v) is 3.58. The SMILES string of the molecule is CC(Br)C(C)C(=O)C(=O)O. The Hall–Kier alpha value is -0.380. The number of carbonyl (C=O) groups is 2. The first kappa shape index (κ1) is 9.62. The second kappa shape index (κ2) is 3.71. The van der Waals surface area contributed by atoms with E-state index in [2.05, 4.69) is 15.9 Å². The molecule has 0 aromatic rings. The van der Waals surface area contributed by atoms with E-state index in [0.717, 1.165) is 0 Å². The van der Waals surface area contributed by atoms with Crippen molar-refractivity contribution >= 4 is 27.7 Å². The smallest absolute Gasteiger partial charge is 0.372 e. The van der Waals surface area contributed by atoms with E-state index in [1.807, 2.05) is 0 Å². The lowest BCUT2D eigenvalue weighted by atomic mass is 10.0. The van der Waals surface area contributed by atoms with E-state index in [1.165, 1.54) is 0 Å². The van der Waals surface area contributed by atoms with Gasteiger partial charge in [-0.1, -0.05) is 29.8 Å². The van der Waals surface area contributed by atoms with Crippen LogP contribution < -0.4 is 0 Å². The Kier molecular flexibility index (Phi) is 3.57. The highest BCUT2D eigenvalue weighted by Gasteiger charge is 2.23. The van der Waals surface area contributed by atoms with Gasteiger partial charge >= 0.3 is 5.97 Å². The van der Waals surface area contributed by atoms with E-state index >= 15 is 0 Å². The highest BCUT2D eigenvalue weighted by atomic mass is 79.9. The van der Waals surface area contributed by atoms with Crippen molar-refractivity contribution < 1.29 is 14.7 Å². The molecule has 0 aliphatic heterocycles. The van der Waals surface area contributed by atoms with Crippen LogP contribution >= 0.6 is 15.9 Å². The Morgan fingerprint density at radius 2 is 1.80 bits per heavy atom. The lowest BCUT2D eigenvalue weighted by Crippen LogP contribution is -2.25. The summed E-state index contributed by atoms with van der Waals surface area (Å²) in [5.41, 5.74) is 0. The first-order valence-corrected chi connectivity index (χ1v) is 3.79. The van der Waals surface area contributed by atoms with E-state index in [-0.39, 0.29) is 4.83 Å². The highest BCUT2D eigenvalue weighted by molar-refractivity contribution is 9.09.